The second-order valence-corrected chi connectivity index (χ2v) is 7.99. The van der Waals surface area contributed by atoms with E-state index in [2.05, 4.69) is 0 Å². The van der Waals surface area contributed by atoms with Gasteiger partial charge in [-0.15, -0.1) is 0 Å². The van der Waals surface area contributed by atoms with Gasteiger partial charge < -0.3 is 9.30 Å². The van der Waals surface area contributed by atoms with E-state index in [0.29, 0.717) is 12.3 Å². The zero-order chi connectivity index (χ0) is 13.7. The summed E-state index contributed by atoms with van der Waals surface area (Å²) in [6.45, 7) is 3.97. The Bertz CT molecular complexity index is 553. The van der Waals surface area contributed by atoms with Gasteiger partial charge in [0.2, 0.25) is 0 Å². The molecule has 2 rings (SSSR count). The molecule has 0 unspecified atom stereocenters. The van der Waals surface area contributed by atoms with Crippen molar-refractivity contribution >= 4 is 12.4 Å². The van der Waals surface area contributed by atoms with Gasteiger partial charge in [0.1, 0.15) is 18.6 Å². The van der Waals surface area contributed by atoms with Crippen molar-refractivity contribution in [2.75, 3.05) is 12.3 Å². The Labute approximate surface area is 114 Å². The minimum atomic E-state index is -2.19. The van der Waals surface area contributed by atoms with Gasteiger partial charge in [0.25, 0.3) is 0 Å². The molecule has 0 heterocycles. The molecule has 0 saturated carbocycles. The summed E-state index contributed by atoms with van der Waals surface area (Å²) in [5, 5.41) is 0.943. The largest absolute Gasteiger partial charge is 0.457 e. The van der Waals surface area contributed by atoms with Gasteiger partial charge in [-0.25, -0.2) is 0 Å². The number of rotatable bonds is 5. The molecule has 2 nitrogen and oxygen atoms in total. The highest BCUT2D eigenvalue weighted by Crippen LogP contribution is 2.43. The second-order valence-electron chi connectivity index (χ2n) is 4.43. The van der Waals surface area contributed by atoms with Gasteiger partial charge in [-0.2, -0.15) is 0 Å². The van der Waals surface area contributed by atoms with Crippen molar-refractivity contribution in [1.29, 1.82) is 0 Å². The molecule has 0 N–H and O–H groups in total. The number of hydrogen-bond acceptors (Lipinski definition) is 2. The molecule has 19 heavy (non-hydrogen) atoms. The second kappa shape index (κ2) is 6.08. The summed E-state index contributed by atoms with van der Waals surface area (Å²) >= 11 is 0. The van der Waals surface area contributed by atoms with Crippen molar-refractivity contribution in [2.45, 2.75) is 13.8 Å². The first-order valence-electron chi connectivity index (χ1n) is 6.59. The molecule has 0 aliphatic carbocycles. The van der Waals surface area contributed by atoms with Crippen LogP contribution in [0.4, 0.5) is 0 Å². The van der Waals surface area contributed by atoms with Crippen LogP contribution in [0.1, 0.15) is 13.8 Å². The van der Waals surface area contributed by atoms with Crippen molar-refractivity contribution < 1.29 is 9.30 Å². The Hall–Kier alpha value is -1.53. The third-order valence-corrected chi connectivity index (χ3v) is 6.59. The average molecular weight is 274 g/mol. The summed E-state index contributed by atoms with van der Waals surface area (Å²) in [6, 6.07) is 17.3. The molecule has 3 heteroatoms. The molecule has 0 aliphatic rings. The average Bonchev–Trinajstić information content (AvgIpc) is 2.48. The Morgan fingerprint density at radius 1 is 0.842 bits per heavy atom. The maximum Gasteiger partial charge on any atom is 0.127 e. The van der Waals surface area contributed by atoms with E-state index in [4.69, 9.17) is 4.74 Å². The molecule has 0 atom stereocenters. The lowest BCUT2D eigenvalue weighted by molar-refractivity contribution is 0.483. The fraction of sp³-hybridized carbons (Fsp3) is 0.250. The van der Waals surface area contributed by atoms with E-state index in [1.165, 1.54) is 0 Å². The normalized spacial score (nSPS) is 11.3. The van der Waals surface area contributed by atoms with Crippen LogP contribution in [0.25, 0.3) is 0 Å². The van der Waals surface area contributed by atoms with Crippen LogP contribution >= 0.6 is 7.14 Å². The molecule has 0 fully saturated rings. The summed E-state index contributed by atoms with van der Waals surface area (Å²) in [7, 11) is -2.19. The van der Waals surface area contributed by atoms with Crippen molar-refractivity contribution in [3.05, 3.63) is 54.6 Å². The standard InChI is InChI=1S/C16H19O2P/c1-3-19(17,4-2)16-12-10-15(11-13-16)18-14-8-6-5-7-9-14/h5-13H,3-4H2,1-2H3. The van der Waals surface area contributed by atoms with Crippen LogP contribution in [0.5, 0.6) is 11.5 Å². The molecule has 0 radical (unpaired) electrons. The van der Waals surface area contributed by atoms with Gasteiger partial charge in [0, 0.05) is 17.6 Å². The molecule has 0 aromatic heterocycles. The summed E-state index contributed by atoms with van der Waals surface area (Å²) in [5.41, 5.74) is 0. The summed E-state index contributed by atoms with van der Waals surface area (Å²) in [6.07, 6.45) is 1.42. The highest BCUT2D eigenvalue weighted by molar-refractivity contribution is 7.71. The van der Waals surface area contributed by atoms with E-state index in [0.717, 1.165) is 16.8 Å². The van der Waals surface area contributed by atoms with Crippen molar-refractivity contribution in [3.8, 4) is 11.5 Å². The Balaban J connectivity index is 2.17. The van der Waals surface area contributed by atoms with E-state index < -0.39 is 7.14 Å². The van der Waals surface area contributed by atoms with Crippen LogP contribution in [-0.2, 0) is 4.57 Å². The van der Waals surface area contributed by atoms with Crippen molar-refractivity contribution in [1.82, 2.24) is 0 Å². The lowest BCUT2D eigenvalue weighted by Crippen LogP contribution is -2.08. The SMILES string of the molecule is CCP(=O)(CC)c1ccc(Oc2ccccc2)cc1. The first-order valence-corrected chi connectivity index (χ1v) is 8.67. The van der Waals surface area contributed by atoms with Gasteiger partial charge in [-0.3, -0.25) is 0 Å². The third kappa shape index (κ3) is 3.27. The molecule has 2 aromatic carbocycles. The molecule has 0 bridgehead atoms. The van der Waals surface area contributed by atoms with E-state index in [-0.39, 0.29) is 0 Å². The third-order valence-electron chi connectivity index (χ3n) is 3.31. The molecular formula is C16H19O2P. The number of hydrogen-bond donors (Lipinski definition) is 0. The molecule has 0 spiro atoms. The fourth-order valence-corrected chi connectivity index (χ4v) is 3.87. The minimum absolute atomic E-state index is 0.711. The van der Waals surface area contributed by atoms with Gasteiger partial charge in [-0.1, -0.05) is 32.0 Å². The van der Waals surface area contributed by atoms with Crippen LogP contribution < -0.4 is 10.0 Å². The van der Waals surface area contributed by atoms with Crippen LogP contribution in [0.3, 0.4) is 0 Å². The quantitative estimate of drug-likeness (QED) is 0.750. The fourth-order valence-electron chi connectivity index (χ4n) is 2.00. The lowest BCUT2D eigenvalue weighted by atomic mass is 10.3. The van der Waals surface area contributed by atoms with E-state index >= 15 is 0 Å². The smallest absolute Gasteiger partial charge is 0.127 e. The maximum absolute atomic E-state index is 12.6. The van der Waals surface area contributed by atoms with Crippen LogP contribution in [0.2, 0.25) is 0 Å². The van der Waals surface area contributed by atoms with Crippen LogP contribution in [-0.4, -0.2) is 12.3 Å². The molecule has 100 valence electrons. The first-order chi connectivity index (χ1) is 9.18. The zero-order valence-electron chi connectivity index (χ0n) is 11.4. The van der Waals surface area contributed by atoms with Crippen LogP contribution in [0, 0.1) is 0 Å². The summed E-state index contributed by atoms with van der Waals surface area (Å²) in [5.74, 6) is 1.58. The van der Waals surface area contributed by atoms with Crippen LogP contribution in [0.15, 0.2) is 54.6 Å². The molecular weight excluding hydrogens is 255 g/mol. The van der Waals surface area contributed by atoms with Crippen molar-refractivity contribution in [2.24, 2.45) is 0 Å². The number of ether oxygens (including phenoxy) is 1. The van der Waals surface area contributed by atoms with Gasteiger partial charge in [-0.05, 0) is 36.4 Å². The number of para-hydroxylation sites is 1. The predicted molar refractivity (Wildman–Crippen MR) is 81.3 cm³/mol. The summed E-state index contributed by atoms with van der Waals surface area (Å²) in [4.78, 5) is 0. The predicted octanol–water partition coefficient (Wildman–Crippen LogP) is 4.51. The van der Waals surface area contributed by atoms with Gasteiger partial charge in [0.05, 0.1) is 0 Å². The van der Waals surface area contributed by atoms with Gasteiger partial charge >= 0.3 is 0 Å². The lowest BCUT2D eigenvalue weighted by Gasteiger charge is -2.15. The summed E-state index contributed by atoms with van der Waals surface area (Å²) < 4.78 is 18.3. The van der Waals surface area contributed by atoms with E-state index in [1.54, 1.807) is 0 Å². The highest BCUT2D eigenvalue weighted by Gasteiger charge is 2.19. The molecule has 2 aromatic rings. The maximum atomic E-state index is 12.6. The number of benzene rings is 2. The topological polar surface area (TPSA) is 26.3 Å². The molecule has 0 aliphatic heterocycles. The molecule has 0 saturated heterocycles. The zero-order valence-corrected chi connectivity index (χ0v) is 12.3. The Morgan fingerprint density at radius 3 is 1.89 bits per heavy atom. The Kier molecular flexibility index (Phi) is 4.44. The van der Waals surface area contributed by atoms with E-state index in [1.807, 2.05) is 68.4 Å². The van der Waals surface area contributed by atoms with Crippen molar-refractivity contribution in [3.63, 3.8) is 0 Å². The Morgan fingerprint density at radius 2 is 1.37 bits per heavy atom. The first kappa shape index (κ1) is 13.9. The minimum Gasteiger partial charge on any atom is -0.457 e. The highest BCUT2D eigenvalue weighted by atomic mass is 31.2. The molecule has 0 amide bonds. The monoisotopic (exact) mass is 274 g/mol. The van der Waals surface area contributed by atoms with E-state index in [9.17, 15) is 4.57 Å². The van der Waals surface area contributed by atoms with Gasteiger partial charge in [0.15, 0.2) is 0 Å².